The van der Waals surface area contributed by atoms with Gasteiger partial charge in [-0.2, -0.15) is 0 Å². The molecule has 0 bridgehead atoms. The normalized spacial score (nSPS) is 19.2. The van der Waals surface area contributed by atoms with Crippen molar-refractivity contribution < 1.29 is 33.3 Å². The van der Waals surface area contributed by atoms with E-state index in [-0.39, 0.29) is 13.2 Å². The van der Waals surface area contributed by atoms with Crippen LogP contribution in [0.15, 0.2) is 60.8 Å². The number of benzene rings is 2. The number of aromatic nitrogens is 3. The maximum Gasteiger partial charge on any atom is 0.303 e. The number of nitrogens with zero attached hydrogens (tertiary/aromatic N) is 4. The first-order chi connectivity index (χ1) is 17.4. The minimum Gasteiger partial charge on any atom is -0.494 e. The summed E-state index contributed by atoms with van der Waals surface area (Å²) in [6.07, 6.45) is -1.85. The monoisotopic (exact) mass is 494 g/mol. The second-order valence-electron chi connectivity index (χ2n) is 8.08. The summed E-state index contributed by atoms with van der Waals surface area (Å²) in [5, 5.41) is 8.28. The van der Waals surface area contributed by atoms with Gasteiger partial charge in [0.25, 0.3) is 5.91 Å². The van der Waals surface area contributed by atoms with Crippen molar-refractivity contribution in [2.75, 3.05) is 7.11 Å². The first-order valence-electron chi connectivity index (χ1n) is 11.2. The number of likely N-dealkylation sites (tertiary alicyclic amines) is 1. The fourth-order valence-corrected chi connectivity index (χ4v) is 3.97. The average molecular weight is 495 g/mol. The van der Waals surface area contributed by atoms with Crippen LogP contribution in [0.2, 0.25) is 0 Å². The fourth-order valence-electron chi connectivity index (χ4n) is 3.97. The van der Waals surface area contributed by atoms with Crippen LogP contribution in [0, 0.1) is 0 Å². The zero-order valence-corrected chi connectivity index (χ0v) is 20.1. The lowest BCUT2D eigenvalue weighted by molar-refractivity contribution is -0.175. The van der Waals surface area contributed by atoms with Crippen molar-refractivity contribution >= 4 is 17.8 Å². The summed E-state index contributed by atoms with van der Waals surface area (Å²) < 4.78 is 23.6. The van der Waals surface area contributed by atoms with Gasteiger partial charge in [0.15, 0.2) is 12.3 Å². The highest BCUT2D eigenvalue weighted by Crippen LogP contribution is 2.29. The number of carbonyl (C=O) groups excluding carboxylic acids is 3. The topological polar surface area (TPSA) is 122 Å². The van der Waals surface area contributed by atoms with Crippen molar-refractivity contribution in [2.24, 2.45) is 0 Å². The number of ether oxygens (including phenoxy) is 4. The van der Waals surface area contributed by atoms with Crippen LogP contribution >= 0.6 is 0 Å². The van der Waals surface area contributed by atoms with Gasteiger partial charge in [0.05, 0.1) is 19.9 Å². The molecule has 3 aromatic rings. The van der Waals surface area contributed by atoms with Gasteiger partial charge in [-0.25, -0.2) is 4.68 Å². The van der Waals surface area contributed by atoms with E-state index in [9.17, 15) is 14.4 Å². The highest BCUT2D eigenvalue weighted by atomic mass is 16.6. The molecule has 1 aliphatic heterocycles. The van der Waals surface area contributed by atoms with E-state index in [0.717, 1.165) is 5.56 Å². The predicted octanol–water partition coefficient (Wildman–Crippen LogP) is 2.02. The van der Waals surface area contributed by atoms with Gasteiger partial charge in [-0.15, -0.1) is 5.10 Å². The molecule has 4 rings (SSSR count). The van der Waals surface area contributed by atoms with E-state index in [2.05, 4.69) is 10.3 Å². The first kappa shape index (κ1) is 24.9. The van der Waals surface area contributed by atoms with Crippen molar-refractivity contribution in [3.8, 4) is 11.4 Å². The summed E-state index contributed by atoms with van der Waals surface area (Å²) in [5.74, 6) is -1.22. The zero-order valence-electron chi connectivity index (χ0n) is 20.1. The van der Waals surface area contributed by atoms with Crippen LogP contribution < -0.4 is 4.74 Å². The van der Waals surface area contributed by atoms with Crippen molar-refractivity contribution in [1.29, 1.82) is 0 Å². The summed E-state index contributed by atoms with van der Waals surface area (Å²) in [5.41, 5.74) is 1.98. The van der Waals surface area contributed by atoms with Gasteiger partial charge >= 0.3 is 11.9 Å². The molecule has 11 nitrogen and oxygen atoms in total. The lowest BCUT2D eigenvalue weighted by Gasteiger charge is -2.27. The molecule has 3 atom stereocenters. The molecule has 1 unspecified atom stereocenters. The van der Waals surface area contributed by atoms with Gasteiger partial charge in [0.1, 0.15) is 17.1 Å². The third kappa shape index (κ3) is 5.52. The molecule has 0 N–H and O–H groups in total. The standard InChI is InChI=1S/C25H26N4O7/c1-16(30)35-22-23(36-17(2)31)25(28(24(22)32)13-18-9-5-4-6-10-18)34-15-19-14-29(27-26-19)20-11-7-8-12-21(20)33-3/h4-12,14,22-23,25H,13,15H2,1-3H3/t22-,23+,25?/m0/s1. The Morgan fingerprint density at radius 1 is 0.972 bits per heavy atom. The SMILES string of the molecule is COc1ccccc1-n1cc(COC2[C@H](OC(C)=O)[C@H](OC(C)=O)C(=O)N2Cc2ccccc2)nn1. The van der Waals surface area contributed by atoms with Crippen LogP contribution in [0.25, 0.3) is 5.69 Å². The van der Waals surface area contributed by atoms with Crippen LogP contribution in [-0.4, -0.2) is 63.3 Å². The maximum absolute atomic E-state index is 13.3. The van der Waals surface area contributed by atoms with Gasteiger partial charge in [0, 0.05) is 20.4 Å². The average Bonchev–Trinajstić information content (AvgIpc) is 3.42. The second-order valence-corrected chi connectivity index (χ2v) is 8.08. The third-order valence-electron chi connectivity index (χ3n) is 5.48. The van der Waals surface area contributed by atoms with Crippen LogP contribution in [0.4, 0.5) is 0 Å². The number of hydrogen-bond acceptors (Lipinski definition) is 9. The molecule has 0 aliphatic carbocycles. The molecule has 2 heterocycles. The van der Waals surface area contributed by atoms with Crippen molar-refractivity contribution in [3.05, 3.63) is 72.1 Å². The van der Waals surface area contributed by atoms with Crippen molar-refractivity contribution in [3.63, 3.8) is 0 Å². The highest BCUT2D eigenvalue weighted by molar-refractivity contribution is 5.87. The molecule has 1 amide bonds. The number of methoxy groups -OCH3 is 1. The molecule has 0 radical (unpaired) electrons. The molecular formula is C25H26N4O7. The largest absolute Gasteiger partial charge is 0.494 e. The third-order valence-corrected chi connectivity index (χ3v) is 5.48. The zero-order chi connectivity index (χ0) is 25.7. The molecule has 1 aromatic heterocycles. The minimum absolute atomic E-state index is 0.0526. The number of esters is 2. The molecule has 0 saturated carbocycles. The van der Waals surface area contributed by atoms with Gasteiger partial charge in [-0.05, 0) is 17.7 Å². The van der Waals surface area contributed by atoms with Crippen LogP contribution in [0.3, 0.4) is 0 Å². The highest BCUT2D eigenvalue weighted by Gasteiger charge is 2.53. The Kier molecular flexibility index (Phi) is 7.59. The van der Waals surface area contributed by atoms with Gasteiger partial charge < -0.3 is 23.8 Å². The smallest absolute Gasteiger partial charge is 0.303 e. The number of hydrogen-bond donors (Lipinski definition) is 0. The summed E-state index contributed by atoms with van der Waals surface area (Å²) in [6.45, 7) is 2.51. The lowest BCUT2D eigenvalue weighted by Crippen LogP contribution is -2.41. The van der Waals surface area contributed by atoms with Crippen LogP contribution in [0.1, 0.15) is 25.1 Å². The van der Waals surface area contributed by atoms with Crippen molar-refractivity contribution in [1.82, 2.24) is 19.9 Å². The molecule has 188 valence electrons. The molecule has 11 heteroatoms. The maximum atomic E-state index is 13.3. The Bertz CT molecular complexity index is 1230. The number of para-hydroxylation sites is 2. The molecule has 2 aromatic carbocycles. The Morgan fingerprint density at radius 2 is 1.67 bits per heavy atom. The molecule has 1 fully saturated rings. The fraction of sp³-hybridized carbons (Fsp3) is 0.320. The Balaban J connectivity index is 1.59. The summed E-state index contributed by atoms with van der Waals surface area (Å²) >= 11 is 0. The number of rotatable bonds is 9. The Labute approximate surface area is 207 Å². The van der Waals surface area contributed by atoms with E-state index in [0.29, 0.717) is 17.1 Å². The lowest BCUT2D eigenvalue weighted by atomic mass is 10.2. The van der Waals surface area contributed by atoms with Crippen molar-refractivity contribution in [2.45, 2.75) is 45.4 Å². The van der Waals surface area contributed by atoms with E-state index in [4.69, 9.17) is 18.9 Å². The quantitative estimate of drug-likeness (QED) is 0.411. The molecule has 1 saturated heterocycles. The summed E-state index contributed by atoms with van der Waals surface area (Å²) in [7, 11) is 1.56. The molecule has 0 spiro atoms. The number of carbonyl (C=O) groups is 3. The van der Waals surface area contributed by atoms with Crippen LogP contribution in [0.5, 0.6) is 5.75 Å². The van der Waals surface area contributed by atoms with E-state index in [1.807, 2.05) is 48.5 Å². The molecule has 36 heavy (non-hydrogen) atoms. The number of amides is 1. The van der Waals surface area contributed by atoms with Crippen LogP contribution in [-0.2, 0) is 41.7 Å². The molecular weight excluding hydrogens is 468 g/mol. The van der Waals surface area contributed by atoms with E-state index in [1.165, 1.54) is 18.7 Å². The summed E-state index contributed by atoms with van der Waals surface area (Å²) in [6, 6.07) is 16.6. The minimum atomic E-state index is -1.33. The van der Waals surface area contributed by atoms with Gasteiger partial charge in [-0.3, -0.25) is 14.4 Å². The molecule has 1 aliphatic rings. The van der Waals surface area contributed by atoms with Gasteiger partial charge in [-0.1, -0.05) is 47.7 Å². The summed E-state index contributed by atoms with van der Waals surface area (Å²) in [4.78, 5) is 38.2. The van der Waals surface area contributed by atoms with E-state index < -0.39 is 36.3 Å². The Hall–Kier alpha value is -4.25. The van der Waals surface area contributed by atoms with Gasteiger partial charge in [0.2, 0.25) is 6.10 Å². The van der Waals surface area contributed by atoms with E-state index >= 15 is 0 Å². The van der Waals surface area contributed by atoms with E-state index in [1.54, 1.807) is 24.1 Å². The Morgan fingerprint density at radius 3 is 2.36 bits per heavy atom. The first-order valence-corrected chi connectivity index (χ1v) is 11.2. The predicted molar refractivity (Wildman–Crippen MR) is 125 cm³/mol. The second kappa shape index (κ2) is 11.0.